The fraction of sp³-hybridized carbons (Fsp3) is 0.174. The summed E-state index contributed by atoms with van der Waals surface area (Å²) >= 11 is 11.8. The molecule has 0 radical (unpaired) electrons. The van der Waals surface area contributed by atoms with Crippen molar-refractivity contribution < 1.29 is 17.6 Å². The van der Waals surface area contributed by atoms with Crippen molar-refractivity contribution in [2.75, 3.05) is 10.0 Å². The van der Waals surface area contributed by atoms with E-state index in [1.54, 1.807) is 13.0 Å². The Morgan fingerprint density at radius 1 is 1.03 bits per heavy atom. The van der Waals surface area contributed by atoms with Crippen LogP contribution in [0.5, 0.6) is 0 Å². The third-order valence-corrected chi connectivity index (χ3v) is 6.73. The van der Waals surface area contributed by atoms with Crippen molar-refractivity contribution >= 4 is 50.5 Å². The van der Waals surface area contributed by atoms with Crippen molar-refractivity contribution in [2.24, 2.45) is 0 Å². The molecule has 0 atom stereocenters. The summed E-state index contributed by atoms with van der Waals surface area (Å²) in [6, 6.07) is 13.0. The molecule has 0 spiro atoms. The van der Waals surface area contributed by atoms with Crippen LogP contribution >= 0.6 is 23.2 Å². The Kier molecular flexibility index (Phi) is 7.12. The van der Waals surface area contributed by atoms with Crippen LogP contribution in [0.15, 0.2) is 59.5 Å². The Bertz CT molecular complexity index is 1290. The lowest BCUT2D eigenvalue weighted by molar-refractivity contribution is 0.102. The molecule has 0 bridgehead atoms. The molecule has 3 rings (SSSR count). The van der Waals surface area contributed by atoms with Gasteiger partial charge in [-0.15, -0.1) is 0 Å². The monoisotopic (exact) mass is 494 g/mol. The largest absolute Gasteiger partial charge is 0.319 e. The fourth-order valence-electron chi connectivity index (χ4n) is 3.13. The number of hydrogen-bond donors (Lipinski definition) is 2. The van der Waals surface area contributed by atoms with Crippen molar-refractivity contribution in [3.63, 3.8) is 0 Å². The van der Waals surface area contributed by atoms with Crippen LogP contribution in [0.4, 0.5) is 15.8 Å². The Morgan fingerprint density at radius 2 is 1.75 bits per heavy atom. The zero-order valence-electron chi connectivity index (χ0n) is 17.5. The van der Waals surface area contributed by atoms with E-state index in [9.17, 15) is 17.6 Å². The number of anilines is 2. The zero-order chi connectivity index (χ0) is 23.6. The molecule has 5 nitrogen and oxygen atoms in total. The SMILES string of the molecule is Cc1cccc(C(C)C)c1NS(=O)(=O)c1ccc(NC(=O)c2ccc(Cl)cc2Cl)c(F)c1. The third-order valence-electron chi connectivity index (χ3n) is 4.84. The van der Waals surface area contributed by atoms with Gasteiger partial charge in [0.1, 0.15) is 5.82 Å². The maximum absolute atomic E-state index is 14.7. The van der Waals surface area contributed by atoms with Crippen LogP contribution in [0.1, 0.15) is 41.3 Å². The Labute approximate surface area is 196 Å². The van der Waals surface area contributed by atoms with Gasteiger partial charge in [-0.2, -0.15) is 0 Å². The normalized spacial score (nSPS) is 11.5. The molecule has 1 amide bonds. The second-order valence-electron chi connectivity index (χ2n) is 7.52. The van der Waals surface area contributed by atoms with Gasteiger partial charge < -0.3 is 5.32 Å². The van der Waals surface area contributed by atoms with Crippen LogP contribution in [0.25, 0.3) is 0 Å². The van der Waals surface area contributed by atoms with E-state index in [0.29, 0.717) is 10.7 Å². The predicted molar refractivity (Wildman–Crippen MR) is 127 cm³/mol. The van der Waals surface area contributed by atoms with Gasteiger partial charge >= 0.3 is 0 Å². The highest BCUT2D eigenvalue weighted by atomic mass is 35.5. The standard InChI is InChI=1S/C23H21Cl2FN2O3S/c1-13(2)17-6-4-5-14(3)22(17)28-32(30,31)16-8-10-21(20(26)12-16)27-23(29)18-9-7-15(24)11-19(18)25/h4-13,28H,1-3H3,(H,27,29). The molecular formula is C23H21Cl2FN2O3S. The van der Waals surface area contributed by atoms with Gasteiger partial charge in [-0.3, -0.25) is 9.52 Å². The van der Waals surface area contributed by atoms with E-state index >= 15 is 0 Å². The Balaban J connectivity index is 1.87. The first-order chi connectivity index (χ1) is 15.0. The molecule has 0 fully saturated rings. The van der Waals surface area contributed by atoms with Gasteiger partial charge in [0.25, 0.3) is 15.9 Å². The molecule has 0 unspecified atom stereocenters. The van der Waals surface area contributed by atoms with Gasteiger partial charge in [-0.25, -0.2) is 12.8 Å². The van der Waals surface area contributed by atoms with Crippen molar-refractivity contribution in [2.45, 2.75) is 31.6 Å². The maximum atomic E-state index is 14.7. The van der Waals surface area contributed by atoms with Crippen molar-refractivity contribution in [1.82, 2.24) is 0 Å². The van der Waals surface area contributed by atoms with Gasteiger partial charge in [0.2, 0.25) is 0 Å². The quantitative estimate of drug-likeness (QED) is 0.404. The van der Waals surface area contributed by atoms with Crippen LogP contribution < -0.4 is 10.0 Å². The molecule has 0 heterocycles. The minimum Gasteiger partial charge on any atom is -0.319 e. The number of halogens is 3. The summed E-state index contributed by atoms with van der Waals surface area (Å²) < 4.78 is 43.1. The number of para-hydroxylation sites is 1. The summed E-state index contributed by atoms with van der Waals surface area (Å²) in [4.78, 5) is 12.2. The molecule has 3 aromatic rings. The van der Waals surface area contributed by atoms with Crippen LogP contribution in [0.3, 0.4) is 0 Å². The number of aryl methyl sites for hydroxylation is 1. The van der Waals surface area contributed by atoms with E-state index in [1.165, 1.54) is 30.3 Å². The second kappa shape index (κ2) is 9.48. The summed E-state index contributed by atoms with van der Waals surface area (Å²) in [5.41, 5.74) is 1.98. The van der Waals surface area contributed by atoms with Crippen molar-refractivity contribution in [1.29, 1.82) is 0 Å². The number of sulfonamides is 1. The summed E-state index contributed by atoms with van der Waals surface area (Å²) in [5.74, 6) is -1.47. The number of amides is 1. The molecular weight excluding hydrogens is 474 g/mol. The summed E-state index contributed by atoms with van der Waals surface area (Å²) in [7, 11) is -4.06. The van der Waals surface area contributed by atoms with E-state index in [1.807, 2.05) is 26.0 Å². The third kappa shape index (κ3) is 5.23. The Hall–Kier alpha value is -2.61. The summed E-state index contributed by atoms with van der Waals surface area (Å²) in [6.45, 7) is 5.71. The number of nitrogens with one attached hydrogen (secondary N) is 2. The average molecular weight is 495 g/mol. The number of hydrogen-bond acceptors (Lipinski definition) is 3. The van der Waals surface area contributed by atoms with E-state index in [4.69, 9.17) is 23.2 Å². The summed E-state index contributed by atoms with van der Waals surface area (Å²) in [5, 5.41) is 2.86. The minimum absolute atomic E-state index is 0.0848. The number of rotatable bonds is 6. The van der Waals surface area contributed by atoms with Gasteiger partial charge in [-0.1, -0.05) is 55.2 Å². The molecule has 0 saturated heterocycles. The first kappa shape index (κ1) is 24.0. The fourth-order valence-corrected chi connectivity index (χ4v) is 4.80. The lowest BCUT2D eigenvalue weighted by atomic mass is 9.99. The Morgan fingerprint density at radius 3 is 2.38 bits per heavy atom. The molecule has 0 saturated carbocycles. The average Bonchev–Trinajstić information content (AvgIpc) is 2.70. The molecule has 32 heavy (non-hydrogen) atoms. The molecule has 2 N–H and O–H groups in total. The molecule has 0 aromatic heterocycles. The first-order valence-corrected chi connectivity index (χ1v) is 11.9. The first-order valence-electron chi connectivity index (χ1n) is 9.68. The molecule has 3 aromatic carbocycles. The van der Waals surface area contributed by atoms with Gasteiger partial charge in [-0.05, 0) is 60.4 Å². The molecule has 0 aliphatic rings. The zero-order valence-corrected chi connectivity index (χ0v) is 19.9. The second-order valence-corrected chi connectivity index (χ2v) is 10.0. The highest BCUT2D eigenvalue weighted by Gasteiger charge is 2.21. The van der Waals surface area contributed by atoms with Gasteiger partial charge in [0, 0.05) is 5.02 Å². The maximum Gasteiger partial charge on any atom is 0.262 e. The van der Waals surface area contributed by atoms with Crippen LogP contribution in [0, 0.1) is 12.7 Å². The van der Waals surface area contributed by atoms with Crippen LogP contribution in [-0.4, -0.2) is 14.3 Å². The number of carbonyl (C=O) groups excluding carboxylic acids is 1. The van der Waals surface area contributed by atoms with E-state index in [-0.39, 0.29) is 27.1 Å². The molecule has 9 heteroatoms. The minimum atomic E-state index is -4.06. The van der Waals surface area contributed by atoms with E-state index in [2.05, 4.69) is 10.0 Å². The molecule has 0 aliphatic carbocycles. The smallest absolute Gasteiger partial charge is 0.262 e. The van der Waals surface area contributed by atoms with E-state index < -0.39 is 21.7 Å². The topological polar surface area (TPSA) is 75.3 Å². The predicted octanol–water partition coefficient (Wildman–Crippen LogP) is 6.62. The lowest BCUT2D eigenvalue weighted by Crippen LogP contribution is -2.17. The summed E-state index contributed by atoms with van der Waals surface area (Å²) in [6.07, 6.45) is 0. The van der Waals surface area contributed by atoms with Crippen molar-refractivity contribution in [3.05, 3.63) is 87.2 Å². The number of benzene rings is 3. The highest BCUT2D eigenvalue weighted by molar-refractivity contribution is 7.92. The van der Waals surface area contributed by atoms with Crippen LogP contribution in [-0.2, 0) is 10.0 Å². The van der Waals surface area contributed by atoms with Crippen LogP contribution in [0.2, 0.25) is 10.0 Å². The van der Waals surface area contributed by atoms with Gasteiger partial charge in [0.05, 0.1) is 26.9 Å². The van der Waals surface area contributed by atoms with Crippen molar-refractivity contribution in [3.8, 4) is 0 Å². The van der Waals surface area contributed by atoms with E-state index in [0.717, 1.165) is 17.2 Å². The highest BCUT2D eigenvalue weighted by Crippen LogP contribution is 2.30. The van der Waals surface area contributed by atoms with Gasteiger partial charge in [0.15, 0.2) is 0 Å². The molecule has 0 aliphatic heterocycles. The molecule has 168 valence electrons. The lowest BCUT2D eigenvalue weighted by Gasteiger charge is -2.17. The number of carbonyl (C=O) groups is 1.